The van der Waals surface area contributed by atoms with Gasteiger partial charge in [0, 0.05) is 17.3 Å². The fraction of sp³-hybridized carbons (Fsp3) is 0.375. The molecular weight excluding hydrogens is 285 g/mol. The van der Waals surface area contributed by atoms with E-state index in [4.69, 9.17) is 5.11 Å². The van der Waals surface area contributed by atoms with Crippen molar-refractivity contribution in [2.24, 2.45) is 0 Å². The fourth-order valence-corrected chi connectivity index (χ4v) is 2.78. The number of hydrogen-bond donors (Lipinski definition) is 2. The van der Waals surface area contributed by atoms with Crippen molar-refractivity contribution >= 4 is 5.91 Å². The lowest BCUT2D eigenvalue weighted by molar-refractivity contribution is 0.0916. The molecule has 2 aromatic rings. The molecule has 0 bridgehead atoms. The molecule has 0 saturated carbocycles. The first-order valence-electron chi connectivity index (χ1n) is 7.39. The van der Waals surface area contributed by atoms with E-state index in [1.807, 2.05) is 0 Å². The first-order chi connectivity index (χ1) is 10.6. The lowest BCUT2D eigenvalue weighted by Gasteiger charge is -2.09. The summed E-state index contributed by atoms with van der Waals surface area (Å²) >= 11 is 0. The molecule has 0 saturated heterocycles. The van der Waals surface area contributed by atoms with Crippen molar-refractivity contribution in [2.75, 3.05) is 6.61 Å². The molecule has 22 heavy (non-hydrogen) atoms. The van der Waals surface area contributed by atoms with Crippen LogP contribution in [0.15, 0.2) is 24.3 Å². The molecular formula is C16H18FN3O2. The summed E-state index contributed by atoms with van der Waals surface area (Å²) in [5.41, 5.74) is 2.46. The van der Waals surface area contributed by atoms with Gasteiger partial charge in [-0.2, -0.15) is 5.10 Å². The van der Waals surface area contributed by atoms with Crippen LogP contribution < -0.4 is 5.32 Å². The number of hydrogen-bond acceptors (Lipinski definition) is 3. The molecule has 6 heteroatoms. The monoisotopic (exact) mass is 303 g/mol. The van der Waals surface area contributed by atoms with Crippen LogP contribution in [0.4, 0.5) is 4.39 Å². The number of carbonyl (C=O) groups excluding carboxylic acids is 1. The number of amides is 1. The Labute approximate surface area is 127 Å². The third kappa shape index (κ3) is 2.50. The standard InChI is InChI=1S/C16H18FN3O2/c1-10(9-21)18-16(22)15-11-5-4-8-13(11)20(19-15)14-7-3-2-6-12(14)17/h2-3,6-7,10,21H,4-5,8-9H2,1H3,(H,18,22). The molecule has 0 aliphatic heterocycles. The van der Waals surface area contributed by atoms with Gasteiger partial charge in [0.1, 0.15) is 11.5 Å². The largest absolute Gasteiger partial charge is 0.394 e. The molecule has 0 spiro atoms. The van der Waals surface area contributed by atoms with Gasteiger partial charge in [-0.05, 0) is 38.3 Å². The molecule has 0 radical (unpaired) electrons. The molecule has 1 heterocycles. The molecule has 116 valence electrons. The molecule has 1 aliphatic carbocycles. The van der Waals surface area contributed by atoms with E-state index >= 15 is 0 Å². The Morgan fingerprint density at radius 1 is 1.45 bits per heavy atom. The van der Waals surface area contributed by atoms with Gasteiger partial charge in [0.25, 0.3) is 5.91 Å². The van der Waals surface area contributed by atoms with Crippen LogP contribution in [0, 0.1) is 5.82 Å². The number of halogens is 1. The zero-order valence-corrected chi connectivity index (χ0v) is 12.3. The van der Waals surface area contributed by atoms with Crippen molar-refractivity contribution in [1.29, 1.82) is 0 Å². The van der Waals surface area contributed by atoms with E-state index in [2.05, 4.69) is 10.4 Å². The number of aliphatic hydroxyl groups is 1. The Kier molecular flexibility index (Phi) is 3.94. The predicted molar refractivity (Wildman–Crippen MR) is 79.6 cm³/mol. The van der Waals surface area contributed by atoms with Crippen LogP contribution in [-0.2, 0) is 12.8 Å². The van der Waals surface area contributed by atoms with Crippen molar-refractivity contribution in [1.82, 2.24) is 15.1 Å². The lowest BCUT2D eigenvalue weighted by atomic mass is 10.2. The molecule has 5 nitrogen and oxygen atoms in total. The molecule has 1 atom stereocenters. The average Bonchev–Trinajstić information content (AvgIpc) is 3.09. The fourth-order valence-electron chi connectivity index (χ4n) is 2.78. The van der Waals surface area contributed by atoms with E-state index in [0.29, 0.717) is 11.4 Å². The van der Waals surface area contributed by atoms with Gasteiger partial charge in [-0.3, -0.25) is 4.79 Å². The summed E-state index contributed by atoms with van der Waals surface area (Å²) in [6.45, 7) is 1.58. The topological polar surface area (TPSA) is 67.2 Å². The average molecular weight is 303 g/mol. The van der Waals surface area contributed by atoms with Gasteiger partial charge < -0.3 is 10.4 Å². The number of nitrogens with zero attached hydrogens (tertiary/aromatic N) is 2. The summed E-state index contributed by atoms with van der Waals surface area (Å²) in [5, 5.41) is 16.1. The van der Waals surface area contributed by atoms with Crippen LogP contribution >= 0.6 is 0 Å². The third-order valence-corrected chi connectivity index (χ3v) is 3.88. The maximum atomic E-state index is 14.0. The number of aliphatic hydroxyl groups excluding tert-OH is 1. The third-order valence-electron chi connectivity index (χ3n) is 3.88. The van der Waals surface area contributed by atoms with Gasteiger partial charge in [-0.25, -0.2) is 9.07 Å². The van der Waals surface area contributed by atoms with Crippen LogP contribution in [0.2, 0.25) is 0 Å². The first kappa shape index (κ1) is 14.7. The molecule has 1 aromatic carbocycles. The number of aromatic nitrogens is 2. The minimum atomic E-state index is -0.365. The van der Waals surface area contributed by atoms with Crippen LogP contribution in [-0.4, -0.2) is 33.4 Å². The van der Waals surface area contributed by atoms with Gasteiger partial charge in [0.2, 0.25) is 0 Å². The second-order valence-corrected chi connectivity index (χ2v) is 5.55. The van der Waals surface area contributed by atoms with Crippen LogP contribution in [0.5, 0.6) is 0 Å². The van der Waals surface area contributed by atoms with Crippen LogP contribution in [0.25, 0.3) is 5.69 Å². The van der Waals surface area contributed by atoms with Crippen molar-refractivity contribution in [2.45, 2.75) is 32.2 Å². The van der Waals surface area contributed by atoms with Gasteiger partial charge in [-0.1, -0.05) is 12.1 Å². The van der Waals surface area contributed by atoms with Gasteiger partial charge in [0.05, 0.1) is 6.61 Å². The maximum absolute atomic E-state index is 14.0. The Morgan fingerprint density at radius 3 is 2.95 bits per heavy atom. The van der Waals surface area contributed by atoms with Crippen LogP contribution in [0.1, 0.15) is 35.1 Å². The highest BCUT2D eigenvalue weighted by Gasteiger charge is 2.28. The molecule has 1 amide bonds. The van der Waals surface area contributed by atoms with E-state index in [1.54, 1.807) is 25.1 Å². The Bertz CT molecular complexity index is 711. The van der Waals surface area contributed by atoms with Crippen molar-refractivity contribution in [3.05, 3.63) is 47.0 Å². The molecule has 0 fully saturated rings. The normalized spacial score (nSPS) is 14.7. The number of para-hydroxylation sites is 1. The molecule has 3 rings (SSSR count). The van der Waals surface area contributed by atoms with Crippen molar-refractivity contribution in [3.63, 3.8) is 0 Å². The van der Waals surface area contributed by atoms with Crippen molar-refractivity contribution in [3.8, 4) is 5.69 Å². The summed E-state index contributed by atoms with van der Waals surface area (Å²) in [5.74, 6) is -0.690. The summed E-state index contributed by atoms with van der Waals surface area (Å²) in [6.07, 6.45) is 2.47. The molecule has 2 N–H and O–H groups in total. The second-order valence-electron chi connectivity index (χ2n) is 5.55. The minimum Gasteiger partial charge on any atom is -0.394 e. The zero-order valence-electron chi connectivity index (χ0n) is 12.3. The molecule has 1 unspecified atom stereocenters. The second kappa shape index (κ2) is 5.88. The number of carbonyl (C=O) groups is 1. The number of rotatable bonds is 4. The summed E-state index contributed by atoms with van der Waals surface area (Å²) in [4.78, 5) is 12.3. The zero-order chi connectivity index (χ0) is 15.7. The number of fused-ring (bicyclic) bond motifs is 1. The summed E-state index contributed by atoms with van der Waals surface area (Å²) < 4.78 is 15.6. The highest BCUT2D eigenvalue weighted by molar-refractivity contribution is 5.94. The number of benzene rings is 1. The molecule has 1 aliphatic rings. The number of nitrogens with one attached hydrogen (secondary N) is 1. The summed E-state index contributed by atoms with van der Waals surface area (Å²) in [6, 6.07) is 6.06. The highest BCUT2D eigenvalue weighted by atomic mass is 19.1. The van der Waals surface area contributed by atoms with E-state index in [1.165, 1.54) is 10.7 Å². The smallest absolute Gasteiger partial charge is 0.272 e. The maximum Gasteiger partial charge on any atom is 0.272 e. The predicted octanol–water partition coefficient (Wildman–Crippen LogP) is 1.61. The Balaban J connectivity index is 2.03. The Hall–Kier alpha value is -2.21. The van der Waals surface area contributed by atoms with E-state index in [9.17, 15) is 9.18 Å². The van der Waals surface area contributed by atoms with Crippen LogP contribution in [0.3, 0.4) is 0 Å². The lowest BCUT2D eigenvalue weighted by Crippen LogP contribution is -2.35. The van der Waals surface area contributed by atoms with Gasteiger partial charge >= 0.3 is 0 Å². The van der Waals surface area contributed by atoms with Gasteiger partial charge in [-0.15, -0.1) is 0 Å². The first-order valence-corrected chi connectivity index (χ1v) is 7.39. The van der Waals surface area contributed by atoms with E-state index in [0.717, 1.165) is 30.5 Å². The highest BCUT2D eigenvalue weighted by Crippen LogP contribution is 2.28. The SMILES string of the molecule is CC(CO)NC(=O)c1nn(-c2ccccc2F)c2c1CCC2. The van der Waals surface area contributed by atoms with E-state index in [-0.39, 0.29) is 24.4 Å². The van der Waals surface area contributed by atoms with Crippen molar-refractivity contribution < 1.29 is 14.3 Å². The molecule has 1 aromatic heterocycles. The van der Waals surface area contributed by atoms with Gasteiger partial charge in [0.15, 0.2) is 5.69 Å². The minimum absolute atomic E-state index is 0.137. The summed E-state index contributed by atoms with van der Waals surface area (Å²) in [7, 11) is 0. The Morgan fingerprint density at radius 2 is 2.23 bits per heavy atom. The quantitative estimate of drug-likeness (QED) is 0.902. The van der Waals surface area contributed by atoms with E-state index < -0.39 is 0 Å².